The molecule has 0 radical (unpaired) electrons. The molecule has 1 heterocycles. The Morgan fingerprint density at radius 2 is 2.12 bits per heavy atom. The van der Waals surface area contributed by atoms with Crippen LogP contribution >= 0.6 is 11.6 Å². The molecule has 1 aliphatic carbocycles. The number of anilines is 2. The van der Waals surface area contributed by atoms with Gasteiger partial charge in [0.2, 0.25) is 5.91 Å². The summed E-state index contributed by atoms with van der Waals surface area (Å²) in [5.74, 6) is 0.112. The van der Waals surface area contributed by atoms with E-state index in [2.05, 4.69) is 24.1 Å². The van der Waals surface area contributed by atoms with E-state index in [0.717, 1.165) is 24.2 Å². The molecule has 3 rings (SSSR count). The van der Waals surface area contributed by atoms with Gasteiger partial charge in [0.1, 0.15) is 5.54 Å². The standard InChI is InChI=1S/C13H15ClN2O/c1-8(2)16-11-9(14)4-3-5-10(11)15-12(17)13(16)6-7-13/h3-5,8H,6-7H2,1-2H3,(H,15,17). The molecule has 0 atom stereocenters. The van der Waals surface area contributed by atoms with Crippen molar-refractivity contribution in [1.82, 2.24) is 0 Å². The maximum absolute atomic E-state index is 12.2. The number of halogens is 1. The van der Waals surface area contributed by atoms with E-state index in [1.807, 2.05) is 18.2 Å². The van der Waals surface area contributed by atoms with Crippen LogP contribution in [0.15, 0.2) is 18.2 Å². The zero-order valence-electron chi connectivity index (χ0n) is 9.96. The molecule has 1 N–H and O–H groups in total. The lowest BCUT2D eigenvalue weighted by Crippen LogP contribution is -2.53. The molecule has 0 bridgehead atoms. The zero-order valence-corrected chi connectivity index (χ0v) is 10.7. The Balaban J connectivity index is 2.20. The van der Waals surface area contributed by atoms with Crippen LogP contribution in [0.1, 0.15) is 26.7 Å². The highest BCUT2D eigenvalue weighted by atomic mass is 35.5. The number of hydrogen-bond donors (Lipinski definition) is 1. The Labute approximate surface area is 106 Å². The van der Waals surface area contributed by atoms with Crippen LogP contribution in [0.25, 0.3) is 0 Å². The number of nitrogens with one attached hydrogen (secondary N) is 1. The lowest BCUT2D eigenvalue weighted by atomic mass is 10.0. The zero-order chi connectivity index (χ0) is 12.2. The first-order valence-corrected chi connectivity index (χ1v) is 6.33. The fourth-order valence-corrected chi connectivity index (χ4v) is 3.03. The lowest BCUT2D eigenvalue weighted by molar-refractivity contribution is -0.118. The summed E-state index contributed by atoms with van der Waals surface area (Å²) in [6.45, 7) is 4.21. The molecule has 1 spiro atoms. The molecule has 3 nitrogen and oxygen atoms in total. The molecule has 1 fully saturated rings. The van der Waals surface area contributed by atoms with Gasteiger partial charge in [-0.15, -0.1) is 0 Å². The third kappa shape index (κ3) is 1.38. The minimum absolute atomic E-state index is 0.112. The first-order chi connectivity index (χ1) is 8.06. The van der Waals surface area contributed by atoms with Gasteiger partial charge in [-0.25, -0.2) is 0 Å². The normalized spacial score (nSPS) is 20.5. The Bertz CT molecular complexity index is 494. The summed E-state index contributed by atoms with van der Waals surface area (Å²) in [6.07, 6.45) is 1.84. The largest absolute Gasteiger partial charge is 0.352 e. The number of hydrogen-bond acceptors (Lipinski definition) is 2. The SMILES string of the molecule is CC(C)N1c2c(Cl)cccc2NC(=O)C12CC2. The number of rotatable bonds is 1. The summed E-state index contributed by atoms with van der Waals surface area (Å²) < 4.78 is 0. The van der Waals surface area contributed by atoms with Crippen molar-refractivity contribution in [1.29, 1.82) is 0 Å². The highest BCUT2D eigenvalue weighted by molar-refractivity contribution is 6.34. The molecule has 2 aliphatic rings. The van der Waals surface area contributed by atoms with Gasteiger partial charge < -0.3 is 10.2 Å². The molecule has 1 amide bonds. The molecule has 0 unspecified atom stereocenters. The van der Waals surface area contributed by atoms with Gasteiger partial charge in [0.05, 0.1) is 16.4 Å². The monoisotopic (exact) mass is 250 g/mol. The first kappa shape index (κ1) is 10.9. The summed E-state index contributed by atoms with van der Waals surface area (Å²) in [5.41, 5.74) is 1.46. The van der Waals surface area contributed by atoms with Crippen LogP contribution in [-0.2, 0) is 4.79 Å². The number of carbonyl (C=O) groups is 1. The summed E-state index contributed by atoms with van der Waals surface area (Å²) >= 11 is 6.29. The maximum atomic E-state index is 12.2. The summed E-state index contributed by atoms with van der Waals surface area (Å²) in [6, 6.07) is 5.92. The van der Waals surface area contributed by atoms with Crippen LogP contribution in [0, 0.1) is 0 Å². The van der Waals surface area contributed by atoms with Crippen LogP contribution in [0.5, 0.6) is 0 Å². The second-order valence-electron chi connectivity index (χ2n) is 5.09. The second-order valence-corrected chi connectivity index (χ2v) is 5.49. The van der Waals surface area contributed by atoms with Crippen LogP contribution in [0.4, 0.5) is 11.4 Å². The summed E-state index contributed by atoms with van der Waals surface area (Å²) in [5, 5.41) is 3.68. The molecule has 1 aliphatic heterocycles. The second kappa shape index (κ2) is 3.39. The number of fused-ring (bicyclic) bond motifs is 1. The summed E-state index contributed by atoms with van der Waals surface area (Å²) in [4.78, 5) is 14.4. The molecule has 1 saturated carbocycles. The van der Waals surface area contributed by atoms with Crippen molar-refractivity contribution in [3.8, 4) is 0 Å². The van der Waals surface area contributed by atoms with E-state index in [-0.39, 0.29) is 17.5 Å². The van der Waals surface area contributed by atoms with E-state index < -0.39 is 0 Å². The third-order valence-corrected chi connectivity index (χ3v) is 3.90. The number of benzene rings is 1. The van der Waals surface area contributed by atoms with E-state index in [1.165, 1.54) is 0 Å². The van der Waals surface area contributed by atoms with Gasteiger partial charge in [0.15, 0.2) is 0 Å². The van der Waals surface area contributed by atoms with Crippen molar-refractivity contribution in [3.63, 3.8) is 0 Å². The van der Waals surface area contributed by atoms with E-state index in [0.29, 0.717) is 5.02 Å². The Hall–Kier alpha value is -1.22. The number of carbonyl (C=O) groups excluding carboxylic acids is 1. The average Bonchev–Trinajstić information content (AvgIpc) is 3.02. The van der Waals surface area contributed by atoms with Gasteiger partial charge in [-0.1, -0.05) is 17.7 Å². The Morgan fingerprint density at radius 1 is 1.41 bits per heavy atom. The van der Waals surface area contributed by atoms with Gasteiger partial charge in [-0.05, 0) is 38.8 Å². The molecule has 1 aromatic rings. The minimum atomic E-state index is -0.341. The van der Waals surface area contributed by atoms with Crippen molar-refractivity contribution in [2.24, 2.45) is 0 Å². The molecule has 1 aromatic carbocycles. The maximum Gasteiger partial charge on any atom is 0.250 e. The Morgan fingerprint density at radius 3 is 2.71 bits per heavy atom. The molecule has 17 heavy (non-hydrogen) atoms. The van der Waals surface area contributed by atoms with Crippen LogP contribution in [0.3, 0.4) is 0 Å². The average molecular weight is 251 g/mol. The summed E-state index contributed by atoms with van der Waals surface area (Å²) in [7, 11) is 0. The van der Waals surface area contributed by atoms with E-state index in [4.69, 9.17) is 11.6 Å². The predicted octanol–water partition coefficient (Wildman–Crippen LogP) is 3.04. The first-order valence-electron chi connectivity index (χ1n) is 5.95. The van der Waals surface area contributed by atoms with Crippen molar-refractivity contribution in [2.45, 2.75) is 38.3 Å². The fourth-order valence-electron chi connectivity index (χ4n) is 2.76. The van der Waals surface area contributed by atoms with E-state index in [1.54, 1.807) is 0 Å². The van der Waals surface area contributed by atoms with Crippen molar-refractivity contribution >= 4 is 28.9 Å². The van der Waals surface area contributed by atoms with Crippen LogP contribution in [-0.4, -0.2) is 17.5 Å². The molecular weight excluding hydrogens is 236 g/mol. The van der Waals surface area contributed by atoms with Crippen molar-refractivity contribution in [3.05, 3.63) is 23.2 Å². The van der Waals surface area contributed by atoms with Crippen molar-refractivity contribution < 1.29 is 4.79 Å². The van der Waals surface area contributed by atoms with Gasteiger partial charge in [-0.2, -0.15) is 0 Å². The smallest absolute Gasteiger partial charge is 0.250 e. The fraction of sp³-hybridized carbons (Fsp3) is 0.462. The minimum Gasteiger partial charge on any atom is -0.352 e. The van der Waals surface area contributed by atoms with Gasteiger partial charge in [-0.3, -0.25) is 4.79 Å². The molecular formula is C13H15ClN2O. The lowest BCUT2D eigenvalue weighted by Gasteiger charge is -2.42. The molecule has 0 aromatic heterocycles. The van der Waals surface area contributed by atoms with Crippen molar-refractivity contribution in [2.75, 3.05) is 10.2 Å². The van der Waals surface area contributed by atoms with Crippen LogP contribution in [0.2, 0.25) is 5.02 Å². The third-order valence-electron chi connectivity index (χ3n) is 3.60. The van der Waals surface area contributed by atoms with Gasteiger partial charge in [0, 0.05) is 6.04 Å². The highest BCUT2D eigenvalue weighted by Gasteiger charge is 2.58. The molecule has 4 heteroatoms. The molecule has 90 valence electrons. The Kier molecular flexibility index (Phi) is 2.17. The molecule has 0 saturated heterocycles. The number of para-hydroxylation sites is 1. The van der Waals surface area contributed by atoms with E-state index in [9.17, 15) is 4.79 Å². The van der Waals surface area contributed by atoms with Crippen LogP contribution < -0.4 is 10.2 Å². The predicted molar refractivity (Wildman–Crippen MR) is 69.7 cm³/mol. The van der Waals surface area contributed by atoms with E-state index >= 15 is 0 Å². The number of nitrogens with zero attached hydrogens (tertiary/aromatic N) is 1. The quantitative estimate of drug-likeness (QED) is 0.831. The highest BCUT2D eigenvalue weighted by Crippen LogP contribution is 2.52. The number of amides is 1. The van der Waals surface area contributed by atoms with Gasteiger partial charge in [0.25, 0.3) is 0 Å². The topological polar surface area (TPSA) is 32.3 Å². The van der Waals surface area contributed by atoms with Gasteiger partial charge >= 0.3 is 0 Å².